The normalized spacial score (nSPS) is 38.0. The van der Waals surface area contributed by atoms with Gasteiger partial charge in [0.25, 0.3) is 0 Å². The zero-order valence-corrected chi connectivity index (χ0v) is 12.0. The summed E-state index contributed by atoms with van der Waals surface area (Å²) in [7, 11) is 0. The zero-order chi connectivity index (χ0) is 13.7. The largest absolute Gasteiger partial charge is 0.310 e. The molecule has 1 aromatic rings. The lowest BCUT2D eigenvalue weighted by atomic mass is 9.51. The van der Waals surface area contributed by atoms with E-state index in [1.165, 1.54) is 32.1 Å². The van der Waals surface area contributed by atoms with Gasteiger partial charge in [-0.3, -0.25) is 4.79 Å². The van der Waals surface area contributed by atoms with Crippen molar-refractivity contribution in [1.29, 1.82) is 0 Å². The Bertz CT molecular complexity index is 494. The summed E-state index contributed by atoms with van der Waals surface area (Å²) >= 11 is 0. The Labute approximate surface area is 120 Å². The number of carbonyl (C=O) groups is 1. The Hall–Kier alpha value is -1.38. The van der Waals surface area contributed by atoms with E-state index in [1.54, 1.807) is 0 Å². The van der Waals surface area contributed by atoms with E-state index in [2.05, 4.69) is 10.3 Å². The number of amides is 1. The zero-order valence-electron chi connectivity index (χ0n) is 12.0. The third kappa shape index (κ3) is 2.04. The van der Waals surface area contributed by atoms with Crippen LogP contribution >= 0.6 is 0 Å². The van der Waals surface area contributed by atoms with Gasteiger partial charge >= 0.3 is 0 Å². The van der Waals surface area contributed by atoms with Gasteiger partial charge in [-0.05, 0) is 74.3 Å². The maximum Gasteiger partial charge on any atom is 0.229 e. The summed E-state index contributed by atoms with van der Waals surface area (Å²) in [4.78, 5) is 16.9. The highest BCUT2D eigenvalue weighted by Gasteiger charge is 2.50. The van der Waals surface area contributed by atoms with Crippen molar-refractivity contribution in [2.75, 3.05) is 5.32 Å². The van der Waals surface area contributed by atoms with Crippen LogP contribution in [0.15, 0.2) is 18.3 Å². The summed E-state index contributed by atoms with van der Waals surface area (Å²) in [6, 6.07) is 3.91. The Morgan fingerprint density at radius 2 is 1.75 bits per heavy atom. The van der Waals surface area contributed by atoms with Crippen molar-refractivity contribution in [2.24, 2.45) is 29.6 Å². The van der Waals surface area contributed by atoms with Crippen molar-refractivity contribution in [1.82, 2.24) is 4.98 Å². The Morgan fingerprint density at radius 3 is 2.30 bits per heavy atom. The second kappa shape index (κ2) is 4.57. The number of anilines is 1. The number of carbonyl (C=O) groups excluding carboxylic acids is 1. The molecule has 1 heterocycles. The van der Waals surface area contributed by atoms with Crippen LogP contribution in [0.1, 0.15) is 37.7 Å². The molecule has 106 valence electrons. The number of pyridine rings is 1. The van der Waals surface area contributed by atoms with E-state index < -0.39 is 0 Å². The molecule has 4 fully saturated rings. The molecule has 4 bridgehead atoms. The Morgan fingerprint density at radius 1 is 1.10 bits per heavy atom. The van der Waals surface area contributed by atoms with E-state index in [-0.39, 0.29) is 11.8 Å². The second-order valence-electron chi connectivity index (χ2n) is 7.17. The Balaban J connectivity index is 1.50. The third-order valence-corrected chi connectivity index (χ3v) is 5.69. The summed E-state index contributed by atoms with van der Waals surface area (Å²) in [5, 5.41) is 3.05. The van der Waals surface area contributed by atoms with Gasteiger partial charge in [0.05, 0.1) is 0 Å². The smallest absolute Gasteiger partial charge is 0.229 e. The molecular weight excluding hydrogens is 248 g/mol. The number of nitrogens with zero attached hydrogens (tertiary/aromatic N) is 1. The van der Waals surface area contributed by atoms with Gasteiger partial charge in [0.2, 0.25) is 5.91 Å². The number of nitrogens with one attached hydrogen (secondary N) is 1. The molecule has 0 aromatic carbocycles. The minimum Gasteiger partial charge on any atom is -0.310 e. The maximum atomic E-state index is 12.6. The summed E-state index contributed by atoms with van der Waals surface area (Å²) in [5.41, 5.74) is 1.12. The minimum atomic E-state index is 0.218. The van der Waals surface area contributed by atoms with Crippen molar-refractivity contribution >= 4 is 11.7 Å². The standard InChI is InChI=1S/C17H22N2O/c1-10-2-3-15(18-9-10)19-17(20)16-13-5-11-4-12(7-13)8-14(16)6-11/h2-3,9,11-14,16H,4-8H2,1H3,(H,18,19,20). The highest BCUT2D eigenvalue weighted by Crippen LogP contribution is 2.56. The monoisotopic (exact) mass is 270 g/mol. The number of hydrogen-bond acceptors (Lipinski definition) is 2. The van der Waals surface area contributed by atoms with Crippen LogP contribution in [0, 0.1) is 36.5 Å². The molecule has 0 aliphatic heterocycles. The molecule has 5 rings (SSSR count). The van der Waals surface area contributed by atoms with E-state index in [0.717, 1.165) is 17.4 Å². The first-order valence-electron chi connectivity index (χ1n) is 7.92. The lowest BCUT2D eigenvalue weighted by molar-refractivity contribution is -0.132. The van der Waals surface area contributed by atoms with Crippen molar-refractivity contribution < 1.29 is 4.79 Å². The number of hydrogen-bond donors (Lipinski definition) is 1. The van der Waals surface area contributed by atoms with Crippen molar-refractivity contribution in [3.05, 3.63) is 23.9 Å². The quantitative estimate of drug-likeness (QED) is 0.895. The first kappa shape index (κ1) is 12.4. The molecule has 0 radical (unpaired) electrons. The summed E-state index contributed by atoms with van der Waals surface area (Å²) in [5.74, 6) is 4.27. The fourth-order valence-corrected chi connectivity index (χ4v) is 5.10. The molecule has 3 nitrogen and oxygen atoms in total. The highest BCUT2D eigenvalue weighted by atomic mass is 16.2. The van der Waals surface area contributed by atoms with Gasteiger partial charge in [0.1, 0.15) is 5.82 Å². The summed E-state index contributed by atoms with van der Waals surface area (Å²) in [6.07, 6.45) is 8.38. The number of aryl methyl sites for hydroxylation is 1. The predicted octanol–water partition coefficient (Wildman–Crippen LogP) is 3.40. The highest BCUT2D eigenvalue weighted by molar-refractivity contribution is 5.92. The van der Waals surface area contributed by atoms with Gasteiger partial charge in [0.15, 0.2) is 0 Å². The van der Waals surface area contributed by atoms with Crippen LogP contribution in [0.25, 0.3) is 0 Å². The third-order valence-electron chi connectivity index (χ3n) is 5.69. The lowest BCUT2D eigenvalue weighted by Crippen LogP contribution is -2.49. The lowest BCUT2D eigenvalue weighted by Gasteiger charge is -2.53. The average molecular weight is 270 g/mol. The van der Waals surface area contributed by atoms with Gasteiger partial charge in [-0.25, -0.2) is 4.98 Å². The van der Waals surface area contributed by atoms with Crippen molar-refractivity contribution in [3.8, 4) is 0 Å². The van der Waals surface area contributed by atoms with E-state index in [9.17, 15) is 4.79 Å². The summed E-state index contributed by atoms with van der Waals surface area (Å²) in [6.45, 7) is 2.01. The SMILES string of the molecule is Cc1ccc(NC(=O)C2C3CC4CC(C3)CC2C4)nc1. The topological polar surface area (TPSA) is 42.0 Å². The predicted molar refractivity (Wildman–Crippen MR) is 78.1 cm³/mol. The fourth-order valence-electron chi connectivity index (χ4n) is 5.10. The number of rotatable bonds is 2. The van der Waals surface area contributed by atoms with Crippen molar-refractivity contribution in [3.63, 3.8) is 0 Å². The molecule has 3 heteroatoms. The molecule has 0 unspecified atom stereocenters. The maximum absolute atomic E-state index is 12.6. The Kier molecular flexibility index (Phi) is 2.83. The molecule has 4 aliphatic rings. The van der Waals surface area contributed by atoms with Crippen LogP contribution in [-0.4, -0.2) is 10.9 Å². The van der Waals surface area contributed by atoms with E-state index in [0.29, 0.717) is 17.7 Å². The molecule has 20 heavy (non-hydrogen) atoms. The molecular formula is C17H22N2O. The van der Waals surface area contributed by atoms with Crippen molar-refractivity contribution in [2.45, 2.75) is 39.0 Å². The first-order valence-corrected chi connectivity index (χ1v) is 7.92. The van der Waals surface area contributed by atoms with Crippen LogP contribution in [0.2, 0.25) is 0 Å². The number of aromatic nitrogens is 1. The molecule has 1 amide bonds. The first-order chi connectivity index (χ1) is 9.69. The van der Waals surface area contributed by atoms with Crippen LogP contribution in [-0.2, 0) is 4.79 Å². The average Bonchev–Trinajstić information content (AvgIpc) is 2.40. The molecule has 4 saturated carbocycles. The van der Waals surface area contributed by atoms with E-state index >= 15 is 0 Å². The van der Waals surface area contributed by atoms with Gasteiger partial charge in [-0.2, -0.15) is 0 Å². The van der Waals surface area contributed by atoms with Gasteiger partial charge < -0.3 is 5.32 Å². The molecule has 4 aliphatic carbocycles. The molecule has 1 aromatic heterocycles. The van der Waals surface area contributed by atoms with Crippen LogP contribution < -0.4 is 5.32 Å². The van der Waals surface area contributed by atoms with Gasteiger partial charge in [-0.15, -0.1) is 0 Å². The second-order valence-corrected chi connectivity index (χ2v) is 7.17. The minimum absolute atomic E-state index is 0.218. The summed E-state index contributed by atoms with van der Waals surface area (Å²) < 4.78 is 0. The molecule has 0 spiro atoms. The van der Waals surface area contributed by atoms with Crippen LogP contribution in [0.3, 0.4) is 0 Å². The van der Waals surface area contributed by atoms with E-state index in [1.807, 2.05) is 25.3 Å². The fraction of sp³-hybridized carbons (Fsp3) is 0.647. The van der Waals surface area contributed by atoms with E-state index in [4.69, 9.17) is 0 Å². The van der Waals surface area contributed by atoms with Gasteiger partial charge in [-0.1, -0.05) is 6.07 Å². The molecule has 1 N–H and O–H groups in total. The molecule has 0 saturated heterocycles. The van der Waals surface area contributed by atoms with Crippen LogP contribution in [0.4, 0.5) is 5.82 Å². The van der Waals surface area contributed by atoms with Crippen LogP contribution in [0.5, 0.6) is 0 Å². The van der Waals surface area contributed by atoms with Gasteiger partial charge in [0, 0.05) is 12.1 Å². The molecule has 0 atom stereocenters.